The van der Waals surface area contributed by atoms with Gasteiger partial charge in [0.1, 0.15) is 6.33 Å². The highest BCUT2D eigenvalue weighted by molar-refractivity contribution is 7.12. The first-order valence-corrected chi connectivity index (χ1v) is 6.09. The van der Waals surface area contributed by atoms with Crippen LogP contribution in [0.2, 0.25) is 0 Å². The van der Waals surface area contributed by atoms with Gasteiger partial charge in [-0.25, -0.2) is 9.97 Å². The molecule has 0 amide bonds. The summed E-state index contributed by atoms with van der Waals surface area (Å²) in [7, 11) is 0. The Morgan fingerprint density at radius 3 is 2.81 bits per heavy atom. The lowest BCUT2D eigenvalue weighted by Gasteiger charge is -2.01. The molecule has 1 N–H and O–H groups in total. The van der Waals surface area contributed by atoms with Gasteiger partial charge < -0.3 is 5.32 Å². The molecule has 2 aromatic heterocycles. The number of hydrogen-bond acceptors (Lipinski definition) is 4. The van der Waals surface area contributed by atoms with E-state index in [2.05, 4.69) is 35.2 Å². The molecular weight excluding hydrogens is 218 g/mol. The van der Waals surface area contributed by atoms with Crippen LogP contribution in [0.15, 0.2) is 24.7 Å². The number of nitrogens with zero attached hydrogens (tertiary/aromatic N) is 2. The third kappa shape index (κ3) is 2.87. The van der Waals surface area contributed by atoms with Gasteiger partial charge in [-0.3, -0.25) is 0 Å². The summed E-state index contributed by atoms with van der Waals surface area (Å²) >= 11 is 1.85. The number of thiophene rings is 1. The van der Waals surface area contributed by atoms with Crippen molar-refractivity contribution in [2.24, 2.45) is 0 Å². The van der Waals surface area contributed by atoms with Gasteiger partial charge in [-0.05, 0) is 31.5 Å². The Kier molecular flexibility index (Phi) is 3.64. The molecule has 2 rings (SSSR count). The van der Waals surface area contributed by atoms with Gasteiger partial charge in [-0.15, -0.1) is 11.3 Å². The molecule has 0 unspecified atom stereocenters. The molecule has 0 aliphatic heterocycles. The molecule has 16 heavy (non-hydrogen) atoms. The van der Waals surface area contributed by atoms with Crippen molar-refractivity contribution in [2.75, 3.05) is 0 Å². The van der Waals surface area contributed by atoms with Gasteiger partial charge in [0.25, 0.3) is 0 Å². The Balaban J connectivity index is 1.84. The monoisotopic (exact) mass is 233 g/mol. The van der Waals surface area contributed by atoms with Crippen molar-refractivity contribution in [3.63, 3.8) is 0 Å². The van der Waals surface area contributed by atoms with Crippen molar-refractivity contribution < 1.29 is 0 Å². The highest BCUT2D eigenvalue weighted by Crippen LogP contribution is 2.20. The molecule has 4 heteroatoms. The Bertz CT molecular complexity index is 431. The third-order valence-electron chi connectivity index (χ3n) is 2.47. The minimum absolute atomic E-state index is 0.790. The van der Waals surface area contributed by atoms with E-state index < -0.39 is 0 Å². The lowest BCUT2D eigenvalue weighted by atomic mass is 10.3. The van der Waals surface area contributed by atoms with E-state index in [0.717, 1.165) is 18.8 Å². The molecule has 0 radical (unpaired) electrons. The van der Waals surface area contributed by atoms with Crippen LogP contribution in [-0.4, -0.2) is 9.97 Å². The maximum absolute atomic E-state index is 4.16. The van der Waals surface area contributed by atoms with Crippen LogP contribution in [0, 0.1) is 13.8 Å². The van der Waals surface area contributed by atoms with E-state index in [-0.39, 0.29) is 0 Å². The standard InChI is InChI=1S/C12H15N3S/c1-9-5-12(16-10(9)2)7-14-6-11-3-4-13-8-15-11/h3-5,8,14H,6-7H2,1-2H3. The number of nitrogens with one attached hydrogen (secondary N) is 1. The van der Waals surface area contributed by atoms with Crippen molar-refractivity contribution in [1.29, 1.82) is 0 Å². The fourth-order valence-corrected chi connectivity index (χ4v) is 2.50. The second-order valence-electron chi connectivity index (χ2n) is 3.76. The molecule has 0 aliphatic rings. The molecule has 0 aromatic carbocycles. The Morgan fingerprint density at radius 1 is 1.31 bits per heavy atom. The van der Waals surface area contributed by atoms with Gasteiger partial charge >= 0.3 is 0 Å². The van der Waals surface area contributed by atoms with Gasteiger partial charge in [0.15, 0.2) is 0 Å². The van der Waals surface area contributed by atoms with E-state index in [1.54, 1.807) is 12.5 Å². The Hall–Kier alpha value is -1.26. The maximum Gasteiger partial charge on any atom is 0.115 e. The zero-order chi connectivity index (χ0) is 11.4. The maximum atomic E-state index is 4.16. The van der Waals surface area contributed by atoms with Crippen molar-refractivity contribution in [1.82, 2.24) is 15.3 Å². The quantitative estimate of drug-likeness (QED) is 0.881. The number of aryl methyl sites for hydroxylation is 2. The van der Waals surface area contributed by atoms with Crippen LogP contribution in [0.3, 0.4) is 0 Å². The van der Waals surface area contributed by atoms with Gasteiger partial charge in [-0.1, -0.05) is 0 Å². The summed E-state index contributed by atoms with van der Waals surface area (Å²) in [5.74, 6) is 0. The van der Waals surface area contributed by atoms with Crippen LogP contribution in [-0.2, 0) is 13.1 Å². The highest BCUT2D eigenvalue weighted by Gasteiger charge is 2.01. The molecule has 3 nitrogen and oxygen atoms in total. The van der Waals surface area contributed by atoms with E-state index in [9.17, 15) is 0 Å². The molecule has 84 valence electrons. The van der Waals surface area contributed by atoms with E-state index in [1.807, 2.05) is 17.4 Å². The highest BCUT2D eigenvalue weighted by atomic mass is 32.1. The molecule has 2 heterocycles. The predicted molar refractivity (Wildman–Crippen MR) is 66.4 cm³/mol. The molecule has 0 atom stereocenters. The van der Waals surface area contributed by atoms with Crippen LogP contribution < -0.4 is 5.32 Å². The number of rotatable bonds is 4. The molecule has 0 saturated carbocycles. The summed E-state index contributed by atoms with van der Waals surface area (Å²) in [5.41, 5.74) is 2.41. The normalized spacial score (nSPS) is 10.6. The minimum atomic E-state index is 0.790. The molecule has 0 bridgehead atoms. The number of aromatic nitrogens is 2. The fraction of sp³-hybridized carbons (Fsp3) is 0.333. The lowest BCUT2D eigenvalue weighted by Crippen LogP contribution is -2.12. The molecular formula is C12H15N3S. The fourth-order valence-electron chi connectivity index (χ4n) is 1.47. The third-order valence-corrected chi connectivity index (χ3v) is 3.62. The smallest absolute Gasteiger partial charge is 0.115 e. The first-order valence-electron chi connectivity index (χ1n) is 5.27. The second kappa shape index (κ2) is 5.18. The van der Waals surface area contributed by atoms with Crippen LogP contribution >= 0.6 is 11.3 Å². The minimum Gasteiger partial charge on any atom is -0.306 e. The van der Waals surface area contributed by atoms with Crippen molar-refractivity contribution in [3.05, 3.63) is 45.7 Å². The zero-order valence-electron chi connectivity index (χ0n) is 9.53. The predicted octanol–water partition coefficient (Wildman–Crippen LogP) is 2.44. The SMILES string of the molecule is Cc1cc(CNCc2ccncn2)sc1C. The summed E-state index contributed by atoms with van der Waals surface area (Å²) < 4.78 is 0. The van der Waals surface area contributed by atoms with Crippen molar-refractivity contribution >= 4 is 11.3 Å². The van der Waals surface area contributed by atoms with E-state index in [4.69, 9.17) is 0 Å². The van der Waals surface area contributed by atoms with Crippen molar-refractivity contribution in [2.45, 2.75) is 26.9 Å². The number of hydrogen-bond donors (Lipinski definition) is 1. The summed E-state index contributed by atoms with van der Waals surface area (Å²) in [6.45, 7) is 6.01. The Labute approximate surface area is 99.6 Å². The molecule has 0 fully saturated rings. The largest absolute Gasteiger partial charge is 0.306 e. The first-order chi connectivity index (χ1) is 7.75. The first kappa shape index (κ1) is 11.2. The van der Waals surface area contributed by atoms with E-state index in [1.165, 1.54) is 15.3 Å². The van der Waals surface area contributed by atoms with Crippen LogP contribution in [0.25, 0.3) is 0 Å². The van der Waals surface area contributed by atoms with Crippen LogP contribution in [0.4, 0.5) is 0 Å². The lowest BCUT2D eigenvalue weighted by molar-refractivity contribution is 0.684. The summed E-state index contributed by atoms with van der Waals surface area (Å²) in [5, 5.41) is 3.38. The van der Waals surface area contributed by atoms with Gasteiger partial charge in [0.05, 0.1) is 5.69 Å². The topological polar surface area (TPSA) is 37.8 Å². The Morgan fingerprint density at radius 2 is 2.19 bits per heavy atom. The summed E-state index contributed by atoms with van der Waals surface area (Å²) in [6.07, 6.45) is 3.35. The van der Waals surface area contributed by atoms with Gasteiger partial charge in [0.2, 0.25) is 0 Å². The van der Waals surface area contributed by atoms with Gasteiger partial charge in [0, 0.05) is 29.0 Å². The van der Waals surface area contributed by atoms with E-state index in [0.29, 0.717) is 0 Å². The van der Waals surface area contributed by atoms with Crippen LogP contribution in [0.5, 0.6) is 0 Å². The molecule has 0 spiro atoms. The molecule has 0 saturated heterocycles. The zero-order valence-corrected chi connectivity index (χ0v) is 10.3. The van der Waals surface area contributed by atoms with Crippen molar-refractivity contribution in [3.8, 4) is 0 Å². The van der Waals surface area contributed by atoms with Crippen LogP contribution in [0.1, 0.15) is 21.0 Å². The molecule has 0 aliphatic carbocycles. The average Bonchev–Trinajstić information content (AvgIpc) is 2.60. The molecule has 2 aromatic rings. The summed E-state index contributed by atoms with van der Waals surface area (Å²) in [4.78, 5) is 10.8. The van der Waals surface area contributed by atoms with Gasteiger partial charge in [-0.2, -0.15) is 0 Å². The summed E-state index contributed by atoms with van der Waals surface area (Å²) in [6, 6.07) is 4.17. The average molecular weight is 233 g/mol. The van der Waals surface area contributed by atoms with E-state index >= 15 is 0 Å². The second-order valence-corrected chi connectivity index (χ2v) is 5.10.